The Morgan fingerprint density at radius 3 is 2.72 bits per heavy atom. The third kappa shape index (κ3) is 3.58. The lowest BCUT2D eigenvalue weighted by molar-refractivity contribution is 0.0297. The van der Waals surface area contributed by atoms with Crippen molar-refractivity contribution in [1.29, 1.82) is 0 Å². The summed E-state index contributed by atoms with van der Waals surface area (Å²) in [5.41, 5.74) is 7.86. The Morgan fingerprint density at radius 1 is 1.21 bits per heavy atom. The summed E-state index contributed by atoms with van der Waals surface area (Å²) in [6, 6.07) is 5.37. The van der Waals surface area contributed by atoms with Crippen molar-refractivity contribution in [3.8, 4) is 5.88 Å². The first kappa shape index (κ1) is 19.1. The second kappa shape index (κ2) is 6.97. The number of fused-ring (bicyclic) bond motifs is 2. The first-order valence-corrected chi connectivity index (χ1v) is 9.36. The Kier molecular flexibility index (Phi) is 4.58. The summed E-state index contributed by atoms with van der Waals surface area (Å²) in [4.78, 5) is 25.4. The van der Waals surface area contributed by atoms with Crippen molar-refractivity contribution >= 4 is 28.4 Å². The summed E-state index contributed by atoms with van der Waals surface area (Å²) in [5.74, 6) is 1.37. The molecule has 3 N–H and O–H groups in total. The molecule has 0 amide bonds. The Hall–Kier alpha value is -3.26. The molecule has 1 aliphatic heterocycles. The maximum atomic E-state index is 12.0. The number of nitrogens with zero attached hydrogens (tertiary/aromatic N) is 3. The van der Waals surface area contributed by atoms with Gasteiger partial charge in [0.1, 0.15) is 17.7 Å². The van der Waals surface area contributed by atoms with E-state index >= 15 is 0 Å². The van der Waals surface area contributed by atoms with E-state index in [9.17, 15) is 4.79 Å². The minimum atomic E-state index is -0.587. The molecule has 8 heteroatoms. The van der Waals surface area contributed by atoms with Crippen LogP contribution in [0.2, 0.25) is 0 Å². The van der Waals surface area contributed by atoms with Gasteiger partial charge in [0, 0.05) is 24.4 Å². The van der Waals surface area contributed by atoms with Crippen molar-refractivity contribution in [2.45, 2.75) is 38.8 Å². The SMILES string of the molecule is COc1ncc(C(C)(C)N)c2cc(Nc3ccc4c(n3)C[C@@H](C)OC4=O)ncc12. The Bertz CT molecular complexity index is 1110. The quantitative estimate of drug-likeness (QED) is 0.651. The molecule has 0 bridgehead atoms. The Morgan fingerprint density at radius 2 is 2.00 bits per heavy atom. The second-order valence-electron chi connectivity index (χ2n) is 7.75. The molecule has 0 fully saturated rings. The van der Waals surface area contributed by atoms with Crippen LogP contribution in [0.5, 0.6) is 5.88 Å². The van der Waals surface area contributed by atoms with Crippen LogP contribution in [0.4, 0.5) is 11.6 Å². The van der Waals surface area contributed by atoms with Crippen molar-refractivity contribution in [1.82, 2.24) is 15.0 Å². The number of hydrogen-bond acceptors (Lipinski definition) is 8. The van der Waals surface area contributed by atoms with Gasteiger partial charge in [-0.05, 0) is 49.9 Å². The van der Waals surface area contributed by atoms with Crippen molar-refractivity contribution in [2.75, 3.05) is 12.4 Å². The first-order chi connectivity index (χ1) is 13.8. The molecule has 0 unspecified atom stereocenters. The normalized spacial score (nSPS) is 16.3. The second-order valence-corrected chi connectivity index (χ2v) is 7.75. The van der Waals surface area contributed by atoms with E-state index in [1.54, 1.807) is 31.6 Å². The van der Waals surface area contributed by atoms with Gasteiger partial charge in [-0.25, -0.2) is 19.7 Å². The van der Waals surface area contributed by atoms with Gasteiger partial charge in [0.05, 0.1) is 23.8 Å². The molecule has 150 valence electrons. The van der Waals surface area contributed by atoms with Crippen LogP contribution in [0.1, 0.15) is 42.4 Å². The fourth-order valence-corrected chi connectivity index (χ4v) is 3.46. The molecule has 29 heavy (non-hydrogen) atoms. The summed E-state index contributed by atoms with van der Waals surface area (Å²) < 4.78 is 10.6. The third-order valence-corrected chi connectivity index (χ3v) is 4.86. The van der Waals surface area contributed by atoms with Gasteiger partial charge in [-0.2, -0.15) is 0 Å². The molecule has 0 saturated heterocycles. The minimum absolute atomic E-state index is 0.189. The average molecular weight is 393 g/mol. The lowest BCUT2D eigenvalue weighted by Gasteiger charge is -2.22. The van der Waals surface area contributed by atoms with Gasteiger partial charge < -0.3 is 20.5 Å². The van der Waals surface area contributed by atoms with Crippen molar-refractivity contribution < 1.29 is 14.3 Å². The fourth-order valence-electron chi connectivity index (χ4n) is 3.46. The van der Waals surface area contributed by atoms with Crippen LogP contribution >= 0.6 is 0 Å². The Labute approximate surface area is 168 Å². The summed E-state index contributed by atoms with van der Waals surface area (Å²) in [7, 11) is 1.57. The number of anilines is 2. The van der Waals surface area contributed by atoms with Crippen LogP contribution in [0.15, 0.2) is 30.6 Å². The topological polar surface area (TPSA) is 112 Å². The highest BCUT2D eigenvalue weighted by Gasteiger charge is 2.25. The highest BCUT2D eigenvalue weighted by atomic mass is 16.5. The summed E-state index contributed by atoms with van der Waals surface area (Å²) >= 11 is 0. The lowest BCUT2D eigenvalue weighted by atomic mass is 9.93. The monoisotopic (exact) mass is 393 g/mol. The number of nitrogens with one attached hydrogen (secondary N) is 1. The van der Waals surface area contributed by atoms with Gasteiger partial charge in [-0.15, -0.1) is 0 Å². The molecule has 3 aromatic rings. The van der Waals surface area contributed by atoms with E-state index in [-0.39, 0.29) is 12.1 Å². The summed E-state index contributed by atoms with van der Waals surface area (Å²) in [6.07, 6.45) is 3.83. The zero-order valence-corrected chi connectivity index (χ0v) is 16.8. The van der Waals surface area contributed by atoms with Gasteiger partial charge in [0.15, 0.2) is 0 Å². The van der Waals surface area contributed by atoms with Crippen molar-refractivity contribution in [3.63, 3.8) is 0 Å². The van der Waals surface area contributed by atoms with E-state index in [1.165, 1.54) is 0 Å². The smallest absolute Gasteiger partial charge is 0.340 e. The molecule has 1 aliphatic rings. The van der Waals surface area contributed by atoms with Crippen LogP contribution in [-0.4, -0.2) is 34.1 Å². The molecule has 0 radical (unpaired) electrons. The molecule has 4 rings (SSSR count). The van der Waals surface area contributed by atoms with Crippen LogP contribution in [0.3, 0.4) is 0 Å². The van der Waals surface area contributed by atoms with E-state index in [1.807, 2.05) is 26.8 Å². The molecule has 0 aromatic carbocycles. The number of carbonyl (C=O) groups is 1. The van der Waals surface area contributed by atoms with Crippen LogP contribution in [0, 0.1) is 0 Å². The molecule has 0 spiro atoms. The van der Waals surface area contributed by atoms with Gasteiger partial charge in [-0.1, -0.05) is 0 Å². The number of nitrogens with two attached hydrogens (primary N) is 1. The molecule has 0 saturated carbocycles. The Balaban J connectivity index is 1.74. The van der Waals surface area contributed by atoms with Crippen LogP contribution < -0.4 is 15.8 Å². The minimum Gasteiger partial charge on any atom is -0.481 e. The summed E-state index contributed by atoms with van der Waals surface area (Å²) in [6.45, 7) is 5.70. The van der Waals surface area contributed by atoms with E-state index in [2.05, 4.69) is 20.3 Å². The molecule has 0 aliphatic carbocycles. The fraction of sp³-hybridized carbons (Fsp3) is 0.333. The highest BCUT2D eigenvalue weighted by Crippen LogP contribution is 2.32. The number of rotatable bonds is 4. The van der Waals surface area contributed by atoms with E-state index < -0.39 is 5.54 Å². The summed E-state index contributed by atoms with van der Waals surface area (Å²) in [5, 5.41) is 4.90. The maximum Gasteiger partial charge on any atom is 0.340 e. The number of cyclic esters (lactones) is 1. The van der Waals surface area contributed by atoms with Crippen LogP contribution in [-0.2, 0) is 16.7 Å². The average Bonchev–Trinajstić information content (AvgIpc) is 2.65. The van der Waals surface area contributed by atoms with Gasteiger partial charge in [-0.3, -0.25) is 0 Å². The van der Waals surface area contributed by atoms with E-state index in [4.69, 9.17) is 15.2 Å². The molecular weight excluding hydrogens is 370 g/mol. The highest BCUT2D eigenvalue weighted by molar-refractivity contribution is 5.93. The van der Waals surface area contributed by atoms with Gasteiger partial charge in [0.25, 0.3) is 0 Å². The van der Waals surface area contributed by atoms with E-state index in [0.29, 0.717) is 35.2 Å². The lowest BCUT2D eigenvalue weighted by Crippen LogP contribution is -2.29. The zero-order chi connectivity index (χ0) is 20.8. The number of carbonyl (C=O) groups excluding carboxylic acids is 1. The molecule has 1 atom stereocenters. The van der Waals surface area contributed by atoms with E-state index in [0.717, 1.165) is 16.3 Å². The molecular formula is C21H23N5O3. The number of methoxy groups -OCH3 is 1. The van der Waals surface area contributed by atoms with Gasteiger partial charge in [0.2, 0.25) is 5.88 Å². The van der Waals surface area contributed by atoms with Crippen molar-refractivity contribution in [2.24, 2.45) is 5.73 Å². The molecule has 3 aromatic heterocycles. The van der Waals surface area contributed by atoms with Gasteiger partial charge >= 0.3 is 5.97 Å². The molecule has 8 nitrogen and oxygen atoms in total. The predicted molar refractivity (Wildman–Crippen MR) is 109 cm³/mol. The predicted octanol–water partition coefficient (Wildman–Crippen LogP) is 3.07. The van der Waals surface area contributed by atoms with Crippen molar-refractivity contribution in [3.05, 3.63) is 47.4 Å². The largest absolute Gasteiger partial charge is 0.481 e. The van der Waals surface area contributed by atoms with Crippen LogP contribution in [0.25, 0.3) is 10.8 Å². The number of pyridine rings is 3. The number of esters is 1. The number of aromatic nitrogens is 3. The molecule has 4 heterocycles. The number of ether oxygens (including phenoxy) is 2. The standard InChI is InChI=1S/C21H23N5O3/c1-11-7-16-12(20(27)29-11)5-6-17(25-16)26-18-8-13-14(9-23-18)19(28-4)24-10-15(13)21(2,3)22/h5-6,8-11H,7,22H2,1-4H3,(H,23,25,26)/t11-/m1/s1. The maximum absolute atomic E-state index is 12.0. The number of hydrogen-bond donors (Lipinski definition) is 2. The zero-order valence-electron chi connectivity index (χ0n) is 16.8. The third-order valence-electron chi connectivity index (χ3n) is 4.86. The first-order valence-electron chi connectivity index (χ1n) is 9.36.